The number of nitrogens with two attached hydrogens (primary N) is 1. The normalized spacial score (nSPS) is 15.7. The molecule has 0 spiro atoms. The number of carbonyl (C=O) groups is 5. The first-order chi connectivity index (χ1) is 44.1. The van der Waals surface area contributed by atoms with Gasteiger partial charge in [-0.3, -0.25) is 29.6 Å². The van der Waals surface area contributed by atoms with E-state index in [-0.39, 0.29) is 41.3 Å². The first-order valence-electron chi connectivity index (χ1n) is 32.4. The molecule has 5 aromatic rings. The summed E-state index contributed by atoms with van der Waals surface area (Å²) in [6.07, 6.45) is 11.3. The Labute approximate surface area is 547 Å². The third-order valence-corrected chi connectivity index (χ3v) is 17.2. The molecule has 3 aromatic carbocycles. The van der Waals surface area contributed by atoms with Gasteiger partial charge in [-0.05, 0) is 157 Å². The molecule has 1 unspecified atom stereocenters. The zero-order valence-corrected chi connectivity index (χ0v) is 55.9. The molecule has 0 saturated carbocycles. The van der Waals surface area contributed by atoms with Crippen molar-refractivity contribution >= 4 is 58.4 Å². The molecule has 0 radical (unpaired) electrons. The number of nitrogens with one attached hydrogen (secondary N) is 5. The van der Waals surface area contributed by atoms with E-state index in [2.05, 4.69) is 36.2 Å². The van der Waals surface area contributed by atoms with Gasteiger partial charge < -0.3 is 60.5 Å². The first kappa shape index (κ1) is 71.6. The monoisotopic (exact) mass is 1280 g/mol. The Morgan fingerprint density at radius 3 is 2.08 bits per heavy atom. The van der Waals surface area contributed by atoms with Crippen LogP contribution in [0.2, 0.25) is 0 Å². The number of rotatable bonds is 33. The predicted octanol–water partition coefficient (Wildman–Crippen LogP) is 11.0. The van der Waals surface area contributed by atoms with E-state index in [1.165, 1.54) is 0 Å². The molecule has 7 rings (SSSR count). The van der Waals surface area contributed by atoms with Gasteiger partial charge in [0.05, 0.1) is 60.7 Å². The lowest BCUT2D eigenvalue weighted by Gasteiger charge is -2.42. The number of amidine groups is 2. The van der Waals surface area contributed by atoms with Gasteiger partial charge in [-0.25, -0.2) is 14.8 Å². The number of pyridine rings is 1. The molecule has 498 valence electrons. The second-order valence-corrected chi connectivity index (χ2v) is 26.6. The van der Waals surface area contributed by atoms with E-state index >= 15 is 0 Å². The van der Waals surface area contributed by atoms with Crippen LogP contribution >= 0.6 is 11.3 Å². The van der Waals surface area contributed by atoms with Crippen LogP contribution in [0.5, 0.6) is 5.75 Å². The lowest BCUT2D eigenvalue weighted by Crippen LogP contribution is -2.58. The number of nitrogens with zero attached hydrogens (tertiary/aromatic N) is 5. The number of aromatic nitrogens is 2. The average Bonchev–Trinajstić information content (AvgIpc) is 1.24. The Kier molecular flexibility index (Phi) is 27.5. The Bertz CT molecular complexity index is 3210. The number of unbranched alkanes of at least 4 members (excludes halogenated alkanes) is 5. The topological polar surface area (TPSA) is 274 Å². The summed E-state index contributed by atoms with van der Waals surface area (Å²) in [4.78, 5) is 84.7. The molecule has 2 fully saturated rings. The van der Waals surface area contributed by atoms with Crippen LogP contribution in [0.1, 0.15) is 164 Å². The lowest BCUT2D eigenvalue weighted by molar-refractivity contribution is -0.143. The summed E-state index contributed by atoms with van der Waals surface area (Å²) in [5.74, 6) is 0.0679. The Balaban J connectivity index is 0.703. The minimum absolute atomic E-state index is 0.0162. The Morgan fingerprint density at radius 1 is 0.772 bits per heavy atom. The fraction of sp³-hybridized carbons (Fsp3) is 0.529. The first-order valence-corrected chi connectivity index (χ1v) is 33.3. The van der Waals surface area contributed by atoms with Crippen molar-refractivity contribution in [3.05, 3.63) is 131 Å². The van der Waals surface area contributed by atoms with Crippen molar-refractivity contribution in [3.63, 3.8) is 0 Å². The number of thiazole rings is 1. The van der Waals surface area contributed by atoms with E-state index in [0.717, 1.165) is 78.0 Å². The van der Waals surface area contributed by atoms with Crippen LogP contribution in [0.25, 0.3) is 10.4 Å². The van der Waals surface area contributed by atoms with Gasteiger partial charge in [0.2, 0.25) is 17.7 Å². The van der Waals surface area contributed by atoms with Crippen molar-refractivity contribution in [2.45, 2.75) is 168 Å². The molecule has 5 amide bonds. The molecule has 3 atom stereocenters. The van der Waals surface area contributed by atoms with E-state index in [9.17, 15) is 24.0 Å². The highest BCUT2D eigenvalue weighted by Gasteiger charge is 2.43. The van der Waals surface area contributed by atoms with E-state index in [1.54, 1.807) is 63.9 Å². The quantitative estimate of drug-likeness (QED) is 0.0130. The van der Waals surface area contributed by atoms with Gasteiger partial charge in [0.15, 0.2) is 5.84 Å². The molecule has 4 heterocycles. The van der Waals surface area contributed by atoms with Crippen molar-refractivity contribution in [2.75, 3.05) is 71.2 Å². The summed E-state index contributed by atoms with van der Waals surface area (Å²) in [6, 6.07) is 24.7. The van der Waals surface area contributed by atoms with E-state index in [0.29, 0.717) is 121 Å². The van der Waals surface area contributed by atoms with Crippen molar-refractivity contribution < 1.29 is 47.7 Å². The van der Waals surface area contributed by atoms with E-state index in [1.807, 2.05) is 115 Å². The van der Waals surface area contributed by atoms with Crippen LogP contribution < -0.4 is 31.7 Å². The maximum absolute atomic E-state index is 14.0. The molecule has 92 heavy (non-hydrogen) atoms. The zero-order valence-electron chi connectivity index (χ0n) is 55.1. The standard InChI is InChI=1S/C70H97N11O10S/c1-49(76-63(83)55-20-16-21-56(45-55)79-70(66(72)78-62(71)53-29-33-73-34-30-53)31-36-80(37-32-70)67(86)91-69(6,7)8)54-19-17-22-57(46-54)90-40-15-10-9-13-38-87-41-43-89-44-42-88-39-14-11-12-24-59(82)77-61(68(3,4)5)65(85)81-35-18-23-58(81)64(84)74-47-51-25-27-52(28-26-51)60-50(2)75-48-92-60/h16-17,19-22,25-30,33-34,45-46,48-49,58,61,79H,9-15,18,23-24,31-32,35-44,47H2,1-8H3,(H,74,84)(H,76,83)(H,77,82)(H3,71,72,78)/t49-,58+,61?/m1/s1. The number of hydrogen-bond donors (Lipinski definition) is 6. The number of aliphatic imine (C=N–C) groups is 1. The van der Waals surface area contributed by atoms with Crippen LogP contribution in [0.15, 0.2) is 108 Å². The van der Waals surface area contributed by atoms with Crippen LogP contribution in [0, 0.1) is 17.7 Å². The predicted molar refractivity (Wildman–Crippen MR) is 360 cm³/mol. The van der Waals surface area contributed by atoms with Gasteiger partial charge >= 0.3 is 6.09 Å². The number of carbonyl (C=O) groups excluding carboxylic acids is 5. The fourth-order valence-corrected chi connectivity index (χ4v) is 11.8. The molecule has 2 aliphatic heterocycles. The molecule has 2 aliphatic rings. The maximum Gasteiger partial charge on any atom is 0.410 e. The molecule has 22 heteroatoms. The van der Waals surface area contributed by atoms with Crippen LogP contribution in [-0.4, -0.2) is 150 Å². The molecule has 7 N–H and O–H groups in total. The van der Waals surface area contributed by atoms with Crippen molar-refractivity contribution in [3.8, 4) is 16.2 Å². The summed E-state index contributed by atoms with van der Waals surface area (Å²) in [7, 11) is 0. The number of aryl methyl sites for hydroxylation is 1. The van der Waals surface area contributed by atoms with Gasteiger partial charge in [0.1, 0.15) is 29.3 Å². The van der Waals surface area contributed by atoms with Gasteiger partial charge in [0.25, 0.3) is 5.91 Å². The van der Waals surface area contributed by atoms with Gasteiger partial charge in [-0.1, -0.05) is 76.1 Å². The number of piperidine rings is 1. The third kappa shape index (κ3) is 22.5. The summed E-state index contributed by atoms with van der Waals surface area (Å²) in [6.45, 7) is 20.4. The maximum atomic E-state index is 14.0. The molecule has 21 nitrogen and oxygen atoms in total. The third-order valence-electron chi connectivity index (χ3n) is 16.2. The molecule has 2 aromatic heterocycles. The summed E-state index contributed by atoms with van der Waals surface area (Å²) >= 11 is 1.60. The van der Waals surface area contributed by atoms with Crippen LogP contribution in [-0.2, 0) is 39.9 Å². The highest BCUT2D eigenvalue weighted by Crippen LogP contribution is 2.32. The smallest absolute Gasteiger partial charge is 0.410 e. The van der Waals surface area contributed by atoms with E-state index < -0.39 is 34.7 Å². The second-order valence-electron chi connectivity index (χ2n) is 25.8. The largest absolute Gasteiger partial charge is 0.494 e. The van der Waals surface area contributed by atoms with Crippen molar-refractivity contribution in [1.82, 2.24) is 35.7 Å². The Morgan fingerprint density at radius 2 is 1.42 bits per heavy atom. The van der Waals surface area contributed by atoms with Gasteiger partial charge in [0, 0.05) is 75.0 Å². The number of hydrogen-bond acceptors (Lipinski definition) is 15. The van der Waals surface area contributed by atoms with Crippen LogP contribution in [0.4, 0.5) is 10.5 Å². The number of ether oxygens (including phenoxy) is 5. The number of likely N-dealkylation sites (tertiary alicyclic amines) is 2. The second kappa shape index (κ2) is 35.3. The minimum atomic E-state index is -0.934. The summed E-state index contributed by atoms with van der Waals surface area (Å²) in [5.41, 5.74) is 12.1. The minimum Gasteiger partial charge on any atom is -0.494 e. The number of amides is 5. The fourth-order valence-electron chi connectivity index (χ4n) is 11.0. The van der Waals surface area contributed by atoms with Gasteiger partial charge in [-0.15, -0.1) is 11.3 Å². The lowest BCUT2D eigenvalue weighted by atomic mass is 9.85. The summed E-state index contributed by atoms with van der Waals surface area (Å²) in [5, 5.41) is 21.4. The molecular formula is C70H97N11O10S. The molecule has 0 bridgehead atoms. The molecular weight excluding hydrogens is 1190 g/mol. The van der Waals surface area contributed by atoms with Crippen LogP contribution in [0.3, 0.4) is 0 Å². The highest BCUT2D eigenvalue weighted by molar-refractivity contribution is 7.13. The highest BCUT2D eigenvalue weighted by atomic mass is 32.1. The number of anilines is 1. The average molecular weight is 1280 g/mol. The molecule has 0 aliphatic carbocycles. The molecule has 2 saturated heterocycles. The number of benzene rings is 3. The Hall–Kier alpha value is -7.79. The van der Waals surface area contributed by atoms with Crippen molar-refractivity contribution in [2.24, 2.45) is 16.1 Å². The zero-order chi connectivity index (χ0) is 66.1. The summed E-state index contributed by atoms with van der Waals surface area (Å²) < 4.78 is 29.0. The van der Waals surface area contributed by atoms with Gasteiger partial charge in [-0.2, -0.15) is 0 Å². The SMILES string of the molecule is Cc1ncsc1-c1ccc(CNC(=O)[C@@H]2CCCN2C(=O)C(NC(=O)CCCCCOCCOCCOCCCCCCOc2cccc([C@@H](C)NC(=O)c3cccc(NC4(C(N)=NC(=N)c5ccncc5)CCN(C(=O)OC(C)(C)C)CC4)c3)c2)C(C)(C)C)cc1. The van der Waals surface area contributed by atoms with E-state index in [4.69, 9.17) is 34.8 Å². The van der Waals surface area contributed by atoms with Crippen molar-refractivity contribution in [1.29, 1.82) is 5.41 Å².